The van der Waals surface area contributed by atoms with Gasteiger partial charge < -0.3 is 25.0 Å². The highest BCUT2D eigenvalue weighted by Gasteiger charge is 2.16. The van der Waals surface area contributed by atoms with Gasteiger partial charge in [0.25, 0.3) is 0 Å². The van der Waals surface area contributed by atoms with Gasteiger partial charge in [-0.25, -0.2) is 0 Å². The molecule has 20 heavy (non-hydrogen) atoms. The Morgan fingerprint density at radius 1 is 1.15 bits per heavy atom. The molecular formula is C14H12ClNO4. The Balaban J connectivity index is 1.80. The average molecular weight is 294 g/mol. The van der Waals surface area contributed by atoms with Crippen LogP contribution in [0, 0.1) is 0 Å². The van der Waals surface area contributed by atoms with Crippen molar-refractivity contribution in [1.29, 1.82) is 0 Å². The first-order chi connectivity index (χ1) is 9.65. The molecule has 0 bridgehead atoms. The molecule has 6 heteroatoms. The molecular weight excluding hydrogens is 282 g/mol. The fourth-order valence-corrected chi connectivity index (χ4v) is 2.18. The van der Waals surface area contributed by atoms with Gasteiger partial charge in [0.15, 0.2) is 23.0 Å². The van der Waals surface area contributed by atoms with Gasteiger partial charge in [-0.1, -0.05) is 23.7 Å². The van der Waals surface area contributed by atoms with Gasteiger partial charge in [0.2, 0.25) is 6.79 Å². The summed E-state index contributed by atoms with van der Waals surface area (Å²) in [6, 6.07) is 8.21. The molecule has 0 fully saturated rings. The molecule has 5 nitrogen and oxygen atoms in total. The number of rotatable bonds is 3. The van der Waals surface area contributed by atoms with Crippen molar-refractivity contribution in [2.75, 3.05) is 12.1 Å². The van der Waals surface area contributed by atoms with Crippen molar-refractivity contribution < 1.29 is 19.7 Å². The van der Waals surface area contributed by atoms with E-state index in [1.54, 1.807) is 24.3 Å². The van der Waals surface area contributed by atoms with E-state index in [9.17, 15) is 10.2 Å². The highest BCUT2D eigenvalue weighted by atomic mass is 35.5. The number of phenolic OH excluding ortho intramolecular Hbond substituents is 2. The smallest absolute Gasteiger partial charge is 0.231 e. The molecule has 3 rings (SSSR count). The van der Waals surface area contributed by atoms with Crippen molar-refractivity contribution in [1.82, 2.24) is 0 Å². The van der Waals surface area contributed by atoms with Gasteiger partial charge in [-0.3, -0.25) is 0 Å². The molecule has 0 saturated heterocycles. The van der Waals surface area contributed by atoms with Gasteiger partial charge in [-0.2, -0.15) is 0 Å². The third-order valence-electron chi connectivity index (χ3n) is 3.03. The monoisotopic (exact) mass is 293 g/mol. The number of anilines is 1. The molecule has 1 heterocycles. The van der Waals surface area contributed by atoms with E-state index >= 15 is 0 Å². The van der Waals surface area contributed by atoms with Gasteiger partial charge in [0.1, 0.15) is 0 Å². The summed E-state index contributed by atoms with van der Waals surface area (Å²) in [7, 11) is 0. The minimum absolute atomic E-state index is 0.142. The molecule has 1 aliphatic heterocycles. The number of para-hydroxylation sites is 1. The molecule has 0 amide bonds. The second-order valence-electron chi connectivity index (χ2n) is 4.32. The fraction of sp³-hybridized carbons (Fsp3) is 0.143. The van der Waals surface area contributed by atoms with E-state index in [1.807, 2.05) is 0 Å². The van der Waals surface area contributed by atoms with Crippen LogP contribution < -0.4 is 14.8 Å². The van der Waals surface area contributed by atoms with Crippen LogP contribution in [0.5, 0.6) is 23.0 Å². The number of benzene rings is 2. The maximum atomic E-state index is 9.73. The molecule has 0 aromatic heterocycles. The number of hydrogen-bond donors (Lipinski definition) is 3. The molecule has 104 valence electrons. The zero-order chi connectivity index (χ0) is 14.1. The number of ether oxygens (including phenoxy) is 2. The second-order valence-corrected chi connectivity index (χ2v) is 4.73. The topological polar surface area (TPSA) is 71.0 Å². The van der Waals surface area contributed by atoms with E-state index in [0.717, 1.165) is 0 Å². The lowest BCUT2D eigenvalue weighted by Gasteiger charge is -2.11. The Bertz CT molecular complexity index is 660. The molecule has 1 aliphatic rings. The lowest BCUT2D eigenvalue weighted by Crippen LogP contribution is -2.00. The molecule has 3 N–H and O–H groups in total. The number of phenols is 2. The third-order valence-corrected chi connectivity index (χ3v) is 3.34. The van der Waals surface area contributed by atoms with Crippen LogP contribution >= 0.6 is 11.6 Å². The van der Waals surface area contributed by atoms with Crippen molar-refractivity contribution in [3.63, 3.8) is 0 Å². The summed E-state index contributed by atoms with van der Waals surface area (Å²) in [5.74, 6) is 0.940. The third kappa shape index (κ3) is 2.28. The highest BCUT2D eigenvalue weighted by Crippen LogP contribution is 2.39. The number of hydrogen-bond acceptors (Lipinski definition) is 5. The van der Waals surface area contributed by atoms with Crippen LogP contribution in [0.2, 0.25) is 5.02 Å². The van der Waals surface area contributed by atoms with Crippen LogP contribution in [0.1, 0.15) is 5.56 Å². The fourth-order valence-electron chi connectivity index (χ4n) is 1.96. The highest BCUT2D eigenvalue weighted by molar-refractivity contribution is 6.33. The van der Waals surface area contributed by atoms with Crippen LogP contribution in [0.4, 0.5) is 5.69 Å². The Kier molecular flexibility index (Phi) is 3.20. The summed E-state index contributed by atoms with van der Waals surface area (Å²) in [6.07, 6.45) is 0. The predicted molar refractivity (Wildman–Crippen MR) is 74.7 cm³/mol. The largest absolute Gasteiger partial charge is 0.504 e. The van der Waals surface area contributed by atoms with Crippen molar-refractivity contribution in [2.24, 2.45) is 0 Å². The maximum absolute atomic E-state index is 9.73. The Hall–Kier alpha value is -2.27. The van der Waals surface area contributed by atoms with Crippen molar-refractivity contribution in [3.05, 3.63) is 40.9 Å². The summed E-state index contributed by atoms with van der Waals surface area (Å²) in [5.41, 5.74) is 1.23. The standard InChI is InChI=1S/C14H12ClNO4/c15-9-4-12-13(20-7-19-12)5-10(9)16-6-8-2-1-3-11(17)14(8)18/h1-5,16-18H,6-7H2. The van der Waals surface area contributed by atoms with Gasteiger partial charge in [-0.15, -0.1) is 0 Å². The van der Waals surface area contributed by atoms with Crippen LogP contribution in [0.25, 0.3) is 0 Å². The number of halogens is 1. The molecule has 0 radical (unpaired) electrons. The van der Waals surface area contributed by atoms with Gasteiger partial charge in [0.05, 0.1) is 10.7 Å². The van der Waals surface area contributed by atoms with E-state index in [-0.39, 0.29) is 18.3 Å². The lowest BCUT2D eigenvalue weighted by molar-refractivity contribution is 0.174. The molecule has 0 unspecified atom stereocenters. The summed E-state index contributed by atoms with van der Waals surface area (Å²) in [4.78, 5) is 0. The SMILES string of the molecule is Oc1cccc(CNc2cc3c(cc2Cl)OCO3)c1O. The van der Waals surface area contributed by atoms with Crippen LogP contribution in [0.3, 0.4) is 0 Å². The molecule has 2 aromatic carbocycles. The first-order valence-electron chi connectivity index (χ1n) is 5.98. The van der Waals surface area contributed by atoms with E-state index < -0.39 is 0 Å². The number of nitrogens with one attached hydrogen (secondary N) is 1. The van der Waals surface area contributed by atoms with Crippen LogP contribution in [-0.4, -0.2) is 17.0 Å². The summed E-state index contributed by atoms with van der Waals surface area (Å²) < 4.78 is 10.5. The Morgan fingerprint density at radius 3 is 2.70 bits per heavy atom. The molecule has 0 aliphatic carbocycles. The quantitative estimate of drug-likeness (QED) is 0.759. The minimum atomic E-state index is -0.152. The van der Waals surface area contributed by atoms with Gasteiger partial charge in [0, 0.05) is 24.2 Å². The van der Waals surface area contributed by atoms with Gasteiger partial charge >= 0.3 is 0 Å². The zero-order valence-corrected chi connectivity index (χ0v) is 11.1. The number of aromatic hydroxyl groups is 2. The first-order valence-corrected chi connectivity index (χ1v) is 6.36. The lowest BCUT2D eigenvalue weighted by atomic mass is 10.2. The van der Waals surface area contributed by atoms with Crippen molar-refractivity contribution in [2.45, 2.75) is 6.54 Å². The van der Waals surface area contributed by atoms with E-state index in [2.05, 4.69) is 5.32 Å². The summed E-state index contributed by atoms with van der Waals surface area (Å²) in [6.45, 7) is 0.502. The Labute approximate surface area is 120 Å². The summed E-state index contributed by atoms with van der Waals surface area (Å²) >= 11 is 6.14. The maximum Gasteiger partial charge on any atom is 0.231 e. The van der Waals surface area contributed by atoms with E-state index in [0.29, 0.717) is 34.3 Å². The van der Waals surface area contributed by atoms with E-state index in [4.69, 9.17) is 21.1 Å². The predicted octanol–water partition coefficient (Wildman–Crippen LogP) is 3.09. The minimum Gasteiger partial charge on any atom is -0.504 e. The summed E-state index contributed by atoms with van der Waals surface area (Å²) in [5, 5.41) is 22.8. The average Bonchev–Trinajstić information content (AvgIpc) is 2.87. The number of fused-ring (bicyclic) bond motifs is 1. The van der Waals surface area contributed by atoms with Crippen LogP contribution in [-0.2, 0) is 6.54 Å². The van der Waals surface area contributed by atoms with Gasteiger partial charge in [-0.05, 0) is 6.07 Å². The van der Waals surface area contributed by atoms with E-state index in [1.165, 1.54) is 6.07 Å². The van der Waals surface area contributed by atoms with Crippen LogP contribution in [0.15, 0.2) is 30.3 Å². The molecule has 0 atom stereocenters. The first kappa shape index (κ1) is 12.7. The normalized spacial score (nSPS) is 12.4. The molecule has 0 saturated carbocycles. The zero-order valence-electron chi connectivity index (χ0n) is 10.4. The Morgan fingerprint density at radius 2 is 1.90 bits per heavy atom. The molecule has 0 spiro atoms. The molecule has 2 aromatic rings. The van der Waals surface area contributed by atoms with Crippen molar-refractivity contribution >= 4 is 17.3 Å². The second kappa shape index (κ2) is 5.02. The van der Waals surface area contributed by atoms with Crippen molar-refractivity contribution in [3.8, 4) is 23.0 Å².